The summed E-state index contributed by atoms with van der Waals surface area (Å²) >= 11 is 3.37. The Morgan fingerprint density at radius 3 is 2.50 bits per heavy atom. The van der Waals surface area contributed by atoms with E-state index in [1.54, 1.807) is 13.2 Å². The zero-order valence-electron chi connectivity index (χ0n) is 13.5. The van der Waals surface area contributed by atoms with Gasteiger partial charge in [0, 0.05) is 26.4 Å². The number of methoxy groups -OCH3 is 1. The maximum absolute atomic E-state index is 10.9. The number of anilines is 1. The number of pyridine rings is 1. The average molecular weight is 445 g/mol. The highest BCUT2D eigenvalue weighted by molar-refractivity contribution is 9.10. The fourth-order valence-corrected chi connectivity index (χ4v) is 2.49. The Hall–Kier alpha value is -1.92. The number of nitrogens with zero attached hydrogens (tertiary/aromatic N) is 2. The molecule has 1 atom stereocenters. The Kier molecular flexibility index (Phi) is 8.24. The lowest BCUT2D eigenvalue weighted by molar-refractivity contribution is -0.192. The number of aromatic nitrogens is 1. The minimum atomic E-state index is -5.08. The van der Waals surface area contributed by atoms with Crippen LogP contribution < -0.4 is 4.90 Å². The van der Waals surface area contributed by atoms with Crippen molar-refractivity contribution in [1.82, 2.24) is 4.98 Å². The second kappa shape index (κ2) is 9.69. The Balaban J connectivity index is 0.000000412. The quantitative estimate of drug-likeness (QED) is 0.728. The highest BCUT2D eigenvalue weighted by Crippen LogP contribution is 2.25. The summed E-state index contributed by atoms with van der Waals surface area (Å²) in [5.74, 6) is -3.04. The van der Waals surface area contributed by atoms with E-state index in [9.17, 15) is 18.0 Å². The summed E-state index contributed by atoms with van der Waals surface area (Å²) in [6.07, 6.45) is -3.74. The van der Waals surface area contributed by atoms with Crippen LogP contribution in [0.4, 0.5) is 19.0 Å². The SMILES string of the molecule is COC1COCCN(c2ncc(C(=O)O)cc2Br)C1.O=C(O)C(F)(F)F. The van der Waals surface area contributed by atoms with Gasteiger partial charge in [-0.2, -0.15) is 13.2 Å². The molecular formula is C14H16BrF3N2O6. The molecule has 1 aromatic heterocycles. The van der Waals surface area contributed by atoms with Crippen molar-refractivity contribution in [3.63, 3.8) is 0 Å². The van der Waals surface area contributed by atoms with E-state index in [4.69, 9.17) is 24.5 Å². The molecule has 0 spiro atoms. The predicted molar refractivity (Wildman–Crippen MR) is 86.4 cm³/mol. The zero-order chi connectivity index (χ0) is 19.9. The smallest absolute Gasteiger partial charge is 0.478 e. The van der Waals surface area contributed by atoms with Gasteiger partial charge in [-0.25, -0.2) is 14.6 Å². The maximum Gasteiger partial charge on any atom is 0.490 e. The van der Waals surface area contributed by atoms with Gasteiger partial charge in [-0.1, -0.05) is 0 Å². The van der Waals surface area contributed by atoms with Crippen molar-refractivity contribution in [1.29, 1.82) is 0 Å². The number of alkyl halides is 3. The minimum absolute atomic E-state index is 0.0182. The molecule has 2 rings (SSSR count). The van der Waals surface area contributed by atoms with E-state index in [2.05, 4.69) is 20.9 Å². The van der Waals surface area contributed by atoms with Crippen LogP contribution in [-0.2, 0) is 14.3 Å². The molecule has 2 N–H and O–H groups in total. The van der Waals surface area contributed by atoms with E-state index < -0.39 is 18.1 Å². The van der Waals surface area contributed by atoms with E-state index >= 15 is 0 Å². The van der Waals surface area contributed by atoms with Crippen LogP contribution in [0, 0.1) is 0 Å². The molecule has 0 bridgehead atoms. The third kappa shape index (κ3) is 6.77. The van der Waals surface area contributed by atoms with Crippen LogP contribution in [0.5, 0.6) is 0 Å². The van der Waals surface area contributed by atoms with Crippen LogP contribution in [0.25, 0.3) is 0 Å². The van der Waals surface area contributed by atoms with Crippen LogP contribution in [0.3, 0.4) is 0 Å². The summed E-state index contributed by atoms with van der Waals surface area (Å²) in [7, 11) is 1.65. The molecule has 1 aromatic rings. The Morgan fingerprint density at radius 2 is 2.04 bits per heavy atom. The lowest BCUT2D eigenvalue weighted by atomic mass is 10.2. The standard InChI is InChI=1S/C12H15BrN2O4.C2HF3O2/c1-18-9-6-15(2-3-19-7-9)11-10(13)4-8(5-14-11)12(16)17;3-2(4,5)1(6)7/h4-5,9H,2-3,6-7H2,1H3,(H,16,17);(H,6,7). The van der Waals surface area contributed by atoms with Gasteiger partial charge in [0.1, 0.15) is 5.82 Å². The molecule has 0 aliphatic carbocycles. The van der Waals surface area contributed by atoms with Crippen LogP contribution in [-0.4, -0.2) is 72.8 Å². The molecule has 0 saturated carbocycles. The highest BCUT2D eigenvalue weighted by atomic mass is 79.9. The number of ether oxygens (including phenoxy) is 2. The van der Waals surface area contributed by atoms with Crippen molar-refractivity contribution < 1.29 is 42.4 Å². The first-order valence-electron chi connectivity index (χ1n) is 7.10. The van der Waals surface area contributed by atoms with Gasteiger partial charge in [0.25, 0.3) is 0 Å². The number of halogens is 4. The normalized spacial score (nSPS) is 17.7. The molecule has 1 unspecified atom stereocenters. The first-order chi connectivity index (χ1) is 12.1. The lowest BCUT2D eigenvalue weighted by Crippen LogP contribution is -2.34. The second-order valence-electron chi connectivity index (χ2n) is 5.02. The van der Waals surface area contributed by atoms with Crippen molar-refractivity contribution in [3.8, 4) is 0 Å². The molecule has 1 aliphatic heterocycles. The largest absolute Gasteiger partial charge is 0.490 e. The molecule has 2 heterocycles. The van der Waals surface area contributed by atoms with Gasteiger partial charge in [-0.3, -0.25) is 0 Å². The zero-order valence-corrected chi connectivity index (χ0v) is 15.1. The molecule has 26 heavy (non-hydrogen) atoms. The molecule has 146 valence electrons. The molecule has 1 fully saturated rings. The maximum atomic E-state index is 10.9. The summed E-state index contributed by atoms with van der Waals surface area (Å²) in [6.45, 7) is 2.50. The molecule has 0 amide bonds. The first-order valence-corrected chi connectivity index (χ1v) is 7.90. The Labute approximate surface area is 154 Å². The third-order valence-corrected chi connectivity index (χ3v) is 3.76. The fourth-order valence-electron chi connectivity index (χ4n) is 1.89. The molecular weight excluding hydrogens is 429 g/mol. The van der Waals surface area contributed by atoms with E-state index in [-0.39, 0.29) is 11.7 Å². The van der Waals surface area contributed by atoms with E-state index in [1.807, 2.05) is 4.90 Å². The van der Waals surface area contributed by atoms with Crippen LogP contribution in [0.15, 0.2) is 16.7 Å². The van der Waals surface area contributed by atoms with Gasteiger partial charge in [-0.05, 0) is 22.0 Å². The summed E-state index contributed by atoms with van der Waals surface area (Å²) in [5, 5.41) is 16.0. The van der Waals surface area contributed by atoms with Gasteiger partial charge in [0.15, 0.2) is 0 Å². The number of carbonyl (C=O) groups is 2. The summed E-state index contributed by atoms with van der Waals surface area (Å²) in [4.78, 5) is 26.0. The van der Waals surface area contributed by atoms with Gasteiger partial charge in [0.05, 0.1) is 29.4 Å². The van der Waals surface area contributed by atoms with Gasteiger partial charge >= 0.3 is 18.1 Å². The van der Waals surface area contributed by atoms with E-state index in [1.165, 1.54) is 6.20 Å². The summed E-state index contributed by atoms with van der Waals surface area (Å²) in [6, 6.07) is 1.55. The molecule has 8 nitrogen and oxygen atoms in total. The van der Waals surface area contributed by atoms with Gasteiger partial charge in [0.2, 0.25) is 0 Å². The highest BCUT2D eigenvalue weighted by Gasteiger charge is 2.38. The Morgan fingerprint density at radius 1 is 1.42 bits per heavy atom. The van der Waals surface area contributed by atoms with E-state index in [0.717, 1.165) is 0 Å². The summed E-state index contributed by atoms with van der Waals surface area (Å²) < 4.78 is 43.2. The van der Waals surface area contributed by atoms with Gasteiger partial charge < -0.3 is 24.6 Å². The molecule has 1 saturated heterocycles. The number of aliphatic carboxylic acids is 1. The number of carboxylic acid groups (broad SMARTS) is 2. The topological polar surface area (TPSA) is 109 Å². The number of hydrogen-bond acceptors (Lipinski definition) is 6. The average Bonchev–Trinajstić information content (AvgIpc) is 2.79. The molecule has 12 heteroatoms. The molecule has 1 aliphatic rings. The lowest BCUT2D eigenvalue weighted by Gasteiger charge is -2.24. The monoisotopic (exact) mass is 444 g/mol. The van der Waals surface area contributed by atoms with Crippen LogP contribution >= 0.6 is 15.9 Å². The minimum Gasteiger partial charge on any atom is -0.478 e. The van der Waals surface area contributed by atoms with Crippen molar-refractivity contribution in [2.75, 3.05) is 38.3 Å². The molecule has 0 aromatic carbocycles. The van der Waals surface area contributed by atoms with Crippen molar-refractivity contribution >= 4 is 33.7 Å². The first kappa shape index (κ1) is 22.1. The predicted octanol–water partition coefficient (Wildman–Crippen LogP) is 2.03. The van der Waals surface area contributed by atoms with Crippen molar-refractivity contribution in [3.05, 3.63) is 22.3 Å². The van der Waals surface area contributed by atoms with Crippen molar-refractivity contribution in [2.45, 2.75) is 12.3 Å². The third-order valence-electron chi connectivity index (χ3n) is 3.18. The number of hydrogen-bond donors (Lipinski definition) is 2. The van der Waals surface area contributed by atoms with Gasteiger partial charge in [-0.15, -0.1) is 0 Å². The fraction of sp³-hybridized carbons (Fsp3) is 0.500. The second-order valence-corrected chi connectivity index (χ2v) is 5.87. The summed E-state index contributed by atoms with van der Waals surface area (Å²) in [5.41, 5.74) is 0.157. The van der Waals surface area contributed by atoms with E-state index in [0.29, 0.717) is 36.6 Å². The Bertz CT molecular complexity index is 644. The number of carboxylic acids is 2. The van der Waals surface area contributed by atoms with Crippen molar-refractivity contribution in [2.24, 2.45) is 0 Å². The number of rotatable bonds is 3. The van der Waals surface area contributed by atoms with Crippen LogP contribution in [0.2, 0.25) is 0 Å². The molecule has 0 radical (unpaired) electrons. The van der Waals surface area contributed by atoms with Crippen LogP contribution in [0.1, 0.15) is 10.4 Å². The number of aromatic carboxylic acids is 1.